The number of aromatic nitrogens is 1. The van der Waals surface area contributed by atoms with Gasteiger partial charge in [-0.05, 0) is 38.5 Å². The van der Waals surface area contributed by atoms with Crippen molar-refractivity contribution in [2.45, 2.75) is 40.0 Å². The van der Waals surface area contributed by atoms with E-state index in [1.807, 2.05) is 19.9 Å². The molecule has 2 heterocycles. The maximum absolute atomic E-state index is 5.95. The molecule has 0 saturated carbocycles. The predicted molar refractivity (Wildman–Crippen MR) is 96.0 cm³/mol. The van der Waals surface area contributed by atoms with Gasteiger partial charge in [-0.2, -0.15) is 0 Å². The number of nitrogens with zero attached hydrogens (tertiary/aromatic N) is 2. The van der Waals surface area contributed by atoms with Crippen molar-refractivity contribution >= 4 is 0 Å². The van der Waals surface area contributed by atoms with Crippen molar-refractivity contribution in [1.82, 2.24) is 15.4 Å². The van der Waals surface area contributed by atoms with Gasteiger partial charge in [-0.1, -0.05) is 11.2 Å². The molecule has 1 saturated heterocycles. The Bertz CT molecular complexity index is 694. The van der Waals surface area contributed by atoms with Gasteiger partial charge in [0, 0.05) is 32.2 Å². The van der Waals surface area contributed by atoms with Crippen LogP contribution < -0.4 is 14.8 Å². The zero-order valence-electron chi connectivity index (χ0n) is 15.5. The Kier molecular flexibility index (Phi) is 5.60. The number of hydrogen-bond donors (Lipinski definition) is 1. The molecule has 2 aromatic rings. The van der Waals surface area contributed by atoms with E-state index in [0.717, 1.165) is 54.7 Å². The first kappa shape index (κ1) is 17.8. The molecule has 25 heavy (non-hydrogen) atoms. The van der Waals surface area contributed by atoms with E-state index < -0.39 is 0 Å². The number of nitrogens with one attached hydrogen (secondary N) is 1. The van der Waals surface area contributed by atoms with Gasteiger partial charge in [0.15, 0.2) is 11.5 Å². The quantitative estimate of drug-likeness (QED) is 0.869. The van der Waals surface area contributed by atoms with Crippen LogP contribution in [0.2, 0.25) is 0 Å². The van der Waals surface area contributed by atoms with Gasteiger partial charge >= 0.3 is 0 Å². The highest BCUT2D eigenvalue weighted by Gasteiger charge is 2.17. The molecule has 0 aliphatic carbocycles. The SMILES string of the molecule is COc1cc(CN2CCN[C@H](C)C2)ccc1OCc1c(C)noc1C. The van der Waals surface area contributed by atoms with E-state index in [4.69, 9.17) is 14.0 Å². The normalized spacial score (nSPS) is 18.3. The fraction of sp³-hybridized carbons (Fsp3) is 0.526. The highest BCUT2D eigenvalue weighted by molar-refractivity contribution is 5.43. The Labute approximate surface area is 149 Å². The molecule has 0 amide bonds. The number of aryl methyl sites for hydroxylation is 2. The topological polar surface area (TPSA) is 59.8 Å². The molecule has 136 valence electrons. The lowest BCUT2D eigenvalue weighted by Crippen LogP contribution is -2.48. The fourth-order valence-corrected chi connectivity index (χ4v) is 3.20. The van der Waals surface area contributed by atoms with E-state index >= 15 is 0 Å². The van der Waals surface area contributed by atoms with E-state index in [-0.39, 0.29) is 0 Å². The van der Waals surface area contributed by atoms with Crippen LogP contribution in [0.5, 0.6) is 11.5 Å². The van der Waals surface area contributed by atoms with Crippen LogP contribution >= 0.6 is 0 Å². The lowest BCUT2D eigenvalue weighted by Gasteiger charge is -2.31. The maximum Gasteiger partial charge on any atom is 0.161 e. The fourth-order valence-electron chi connectivity index (χ4n) is 3.20. The molecule has 1 aromatic heterocycles. The summed E-state index contributed by atoms with van der Waals surface area (Å²) < 4.78 is 16.7. The summed E-state index contributed by atoms with van der Waals surface area (Å²) in [4.78, 5) is 2.46. The molecule has 1 atom stereocenters. The second kappa shape index (κ2) is 7.89. The average Bonchev–Trinajstić information content (AvgIpc) is 2.92. The summed E-state index contributed by atoms with van der Waals surface area (Å²) >= 11 is 0. The first-order valence-corrected chi connectivity index (χ1v) is 8.74. The van der Waals surface area contributed by atoms with Crippen molar-refractivity contribution in [1.29, 1.82) is 0 Å². The van der Waals surface area contributed by atoms with Crippen LogP contribution in [-0.2, 0) is 13.2 Å². The third-order valence-corrected chi connectivity index (χ3v) is 4.64. The molecule has 6 nitrogen and oxygen atoms in total. The second-order valence-electron chi connectivity index (χ2n) is 6.67. The highest BCUT2D eigenvalue weighted by atomic mass is 16.5. The van der Waals surface area contributed by atoms with E-state index in [1.165, 1.54) is 5.56 Å². The van der Waals surface area contributed by atoms with Crippen LogP contribution in [0.15, 0.2) is 22.7 Å². The third kappa shape index (κ3) is 4.32. The third-order valence-electron chi connectivity index (χ3n) is 4.64. The van der Waals surface area contributed by atoms with Crippen molar-refractivity contribution < 1.29 is 14.0 Å². The minimum atomic E-state index is 0.423. The first-order valence-electron chi connectivity index (χ1n) is 8.74. The molecule has 0 radical (unpaired) electrons. The summed E-state index contributed by atoms with van der Waals surface area (Å²) in [6.45, 7) is 10.6. The summed E-state index contributed by atoms with van der Waals surface area (Å²) in [6.07, 6.45) is 0. The lowest BCUT2D eigenvalue weighted by atomic mass is 10.1. The van der Waals surface area contributed by atoms with Gasteiger partial charge in [0.05, 0.1) is 18.4 Å². The molecule has 1 aliphatic heterocycles. The molecular formula is C19H27N3O3. The minimum Gasteiger partial charge on any atom is -0.493 e. The van der Waals surface area contributed by atoms with Gasteiger partial charge in [-0.15, -0.1) is 0 Å². The molecule has 0 spiro atoms. The summed E-state index contributed by atoms with van der Waals surface area (Å²) in [6, 6.07) is 6.69. The molecule has 3 rings (SSSR count). The van der Waals surface area contributed by atoms with Gasteiger partial charge in [-0.3, -0.25) is 4.90 Å². The molecule has 0 bridgehead atoms. The number of ether oxygens (including phenoxy) is 2. The average molecular weight is 345 g/mol. The Morgan fingerprint density at radius 2 is 2.16 bits per heavy atom. The Hall–Kier alpha value is -2.05. The van der Waals surface area contributed by atoms with Crippen molar-refractivity contribution in [2.75, 3.05) is 26.7 Å². The number of hydrogen-bond acceptors (Lipinski definition) is 6. The monoisotopic (exact) mass is 345 g/mol. The van der Waals surface area contributed by atoms with Crippen LogP contribution in [0.1, 0.15) is 29.5 Å². The van der Waals surface area contributed by atoms with E-state index in [9.17, 15) is 0 Å². The Morgan fingerprint density at radius 3 is 2.84 bits per heavy atom. The lowest BCUT2D eigenvalue weighted by molar-refractivity contribution is 0.199. The summed E-state index contributed by atoms with van der Waals surface area (Å²) in [5, 5.41) is 7.43. The Balaban J connectivity index is 1.67. The first-order chi connectivity index (χ1) is 12.1. The van der Waals surface area contributed by atoms with Crippen LogP contribution in [0.25, 0.3) is 0 Å². The van der Waals surface area contributed by atoms with Crippen molar-refractivity contribution in [3.8, 4) is 11.5 Å². The highest BCUT2D eigenvalue weighted by Crippen LogP contribution is 2.30. The van der Waals surface area contributed by atoms with Crippen LogP contribution in [-0.4, -0.2) is 42.8 Å². The largest absolute Gasteiger partial charge is 0.493 e. The number of rotatable bonds is 6. The van der Waals surface area contributed by atoms with Gasteiger partial charge in [0.2, 0.25) is 0 Å². The summed E-state index contributed by atoms with van der Waals surface area (Å²) in [5.74, 6) is 2.29. The summed E-state index contributed by atoms with van der Waals surface area (Å²) in [5.41, 5.74) is 3.08. The van der Waals surface area contributed by atoms with Gasteiger partial charge in [0.25, 0.3) is 0 Å². The zero-order valence-corrected chi connectivity index (χ0v) is 15.5. The molecule has 1 fully saturated rings. The smallest absolute Gasteiger partial charge is 0.161 e. The van der Waals surface area contributed by atoms with Crippen LogP contribution in [0.3, 0.4) is 0 Å². The zero-order chi connectivity index (χ0) is 17.8. The van der Waals surface area contributed by atoms with Crippen molar-refractivity contribution in [3.63, 3.8) is 0 Å². The van der Waals surface area contributed by atoms with Crippen LogP contribution in [0, 0.1) is 13.8 Å². The molecule has 1 N–H and O–H groups in total. The van der Waals surface area contributed by atoms with E-state index in [0.29, 0.717) is 12.6 Å². The van der Waals surface area contributed by atoms with Gasteiger partial charge in [0.1, 0.15) is 12.4 Å². The standard InChI is InChI=1S/C19H27N3O3/c1-13-10-22(8-7-20-13)11-16-5-6-18(19(9-16)23-4)24-12-17-14(2)21-25-15(17)3/h5-6,9,13,20H,7-8,10-12H2,1-4H3/t13-/m1/s1. The second-order valence-corrected chi connectivity index (χ2v) is 6.67. The minimum absolute atomic E-state index is 0.423. The predicted octanol–water partition coefficient (Wildman–Crippen LogP) is 2.67. The van der Waals surface area contributed by atoms with E-state index in [1.54, 1.807) is 7.11 Å². The Morgan fingerprint density at radius 1 is 1.32 bits per heavy atom. The molecule has 1 aliphatic rings. The molecular weight excluding hydrogens is 318 g/mol. The molecule has 1 aromatic carbocycles. The summed E-state index contributed by atoms with van der Waals surface area (Å²) in [7, 11) is 1.68. The van der Waals surface area contributed by atoms with Gasteiger partial charge in [-0.25, -0.2) is 0 Å². The molecule has 0 unspecified atom stereocenters. The van der Waals surface area contributed by atoms with Crippen molar-refractivity contribution in [3.05, 3.63) is 40.8 Å². The number of methoxy groups -OCH3 is 1. The van der Waals surface area contributed by atoms with Crippen LogP contribution in [0.4, 0.5) is 0 Å². The van der Waals surface area contributed by atoms with Gasteiger partial charge < -0.3 is 19.3 Å². The number of piperazine rings is 1. The van der Waals surface area contributed by atoms with E-state index in [2.05, 4.69) is 34.4 Å². The molecule has 6 heteroatoms. The maximum atomic E-state index is 5.95. The van der Waals surface area contributed by atoms with Crippen molar-refractivity contribution in [2.24, 2.45) is 0 Å². The number of benzene rings is 1.